The number of hydrogen-bond acceptors (Lipinski definition) is 2. The Hall–Kier alpha value is -2.10. The minimum atomic E-state index is -0.470. The number of hydrogen-bond donors (Lipinski definition) is 1. The van der Waals surface area contributed by atoms with Crippen LogP contribution in [0.4, 0.5) is 10.1 Å². The lowest BCUT2D eigenvalue weighted by molar-refractivity contribution is -0.114. The first kappa shape index (κ1) is 13.0. The van der Waals surface area contributed by atoms with E-state index in [0.717, 1.165) is 6.08 Å². The molecule has 0 saturated heterocycles. The highest BCUT2D eigenvalue weighted by Gasteiger charge is 2.13. The highest BCUT2D eigenvalue weighted by atomic mass is 19.1. The zero-order valence-electron chi connectivity index (χ0n) is 9.77. The molecule has 1 rings (SSSR count). The van der Waals surface area contributed by atoms with Gasteiger partial charge in [-0.25, -0.2) is 4.39 Å². The van der Waals surface area contributed by atoms with Crippen molar-refractivity contribution < 1.29 is 14.3 Å². The topological polar surface area (TPSA) is 40.5 Å². The predicted octanol–water partition coefficient (Wildman–Crippen LogP) is 2.78. The molecule has 17 heavy (non-hydrogen) atoms. The Kier molecular flexibility index (Phi) is 4.04. The molecule has 1 amide bonds. The van der Waals surface area contributed by atoms with Crippen LogP contribution in [0.2, 0.25) is 0 Å². The fraction of sp³-hybridized carbons (Fsp3) is 0.154. The van der Waals surface area contributed by atoms with Crippen molar-refractivity contribution >= 4 is 11.6 Å². The quantitative estimate of drug-likeness (QED) is 0.646. The van der Waals surface area contributed by atoms with Crippen molar-refractivity contribution in [3.8, 4) is 5.75 Å². The van der Waals surface area contributed by atoms with E-state index in [4.69, 9.17) is 5.11 Å². The molecule has 0 aliphatic carbocycles. The molecule has 1 N–H and O–H groups in total. The SMILES string of the molecule is C=C(/C=C(\C)F)C(=O)N(C)c1ccc(O)cc1. The van der Waals surface area contributed by atoms with Crippen molar-refractivity contribution in [3.63, 3.8) is 0 Å². The third-order valence-corrected chi connectivity index (χ3v) is 2.19. The summed E-state index contributed by atoms with van der Waals surface area (Å²) in [7, 11) is 1.56. The van der Waals surface area contributed by atoms with Crippen molar-refractivity contribution in [1.82, 2.24) is 0 Å². The minimum absolute atomic E-state index is 0.0700. The van der Waals surface area contributed by atoms with E-state index in [1.54, 1.807) is 19.2 Å². The largest absolute Gasteiger partial charge is 0.508 e. The molecule has 1 aromatic rings. The first-order chi connectivity index (χ1) is 7.91. The summed E-state index contributed by atoms with van der Waals surface area (Å²) >= 11 is 0. The predicted molar refractivity (Wildman–Crippen MR) is 65.5 cm³/mol. The molecule has 0 aromatic heterocycles. The average molecular weight is 235 g/mol. The van der Waals surface area contributed by atoms with Gasteiger partial charge >= 0.3 is 0 Å². The summed E-state index contributed by atoms with van der Waals surface area (Å²) < 4.78 is 12.6. The molecule has 0 unspecified atom stereocenters. The Morgan fingerprint density at radius 2 is 1.94 bits per heavy atom. The first-order valence-corrected chi connectivity index (χ1v) is 5.01. The number of halogens is 1. The smallest absolute Gasteiger partial charge is 0.257 e. The van der Waals surface area contributed by atoms with Gasteiger partial charge in [-0.05, 0) is 37.3 Å². The number of aromatic hydroxyl groups is 1. The molecule has 0 atom stereocenters. The van der Waals surface area contributed by atoms with Gasteiger partial charge in [0.2, 0.25) is 0 Å². The highest BCUT2D eigenvalue weighted by Crippen LogP contribution is 2.19. The summed E-state index contributed by atoms with van der Waals surface area (Å²) in [6.45, 7) is 4.75. The van der Waals surface area contributed by atoms with E-state index in [1.165, 1.54) is 24.0 Å². The van der Waals surface area contributed by atoms with Crippen LogP contribution in [0.1, 0.15) is 6.92 Å². The molecule has 0 aliphatic heterocycles. The second-order valence-electron chi connectivity index (χ2n) is 3.64. The third-order valence-electron chi connectivity index (χ3n) is 2.19. The Bertz CT molecular complexity index is 459. The van der Waals surface area contributed by atoms with Crippen molar-refractivity contribution in [1.29, 1.82) is 0 Å². The van der Waals surface area contributed by atoms with E-state index < -0.39 is 11.7 Å². The second kappa shape index (κ2) is 5.30. The van der Waals surface area contributed by atoms with Gasteiger partial charge in [0.25, 0.3) is 5.91 Å². The molecular weight excluding hydrogens is 221 g/mol. The summed E-state index contributed by atoms with van der Waals surface area (Å²) in [5.74, 6) is -0.747. The Balaban J connectivity index is 2.87. The van der Waals surface area contributed by atoms with Crippen molar-refractivity contribution in [2.75, 3.05) is 11.9 Å². The molecule has 0 spiro atoms. The number of carbonyl (C=O) groups is 1. The van der Waals surface area contributed by atoms with E-state index in [-0.39, 0.29) is 11.3 Å². The van der Waals surface area contributed by atoms with Gasteiger partial charge in [-0.1, -0.05) is 6.58 Å². The maximum absolute atomic E-state index is 12.6. The monoisotopic (exact) mass is 235 g/mol. The molecular formula is C13H14FNO2. The minimum Gasteiger partial charge on any atom is -0.508 e. The maximum Gasteiger partial charge on any atom is 0.257 e. The van der Waals surface area contributed by atoms with Crippen LogP contribution in [0.15, 0.2) is 48.3 Å². The first-order valence-electron chi connectivity index (χ1n) is 5.01. The molecule has 0 heterocycles. The number of phenolic OH excluding ortho intramolecular Hbond substituents is 1. The van der Waals surface area contributed by atoms with Gasteiger partial charge in [0.1, 0.15) is 5.75 Å². The van der Waals surface area contributed by atoms with Gasteiger partial charge in [-0.15, -0.1) is 0 Å². The normalized spacial score (nSPS) is 11.1. The number of rotatable bonds is 3. The van der Waals surface area contributed by atoms with Crippen LogP contribution in [0, 0.1) is 0 Å². The van der Waals surface area contributed by atoms with Gasteiger partial charge in [0, 0.05) is 18.3 Å². The van der Waals surface area contributed by atoms with Gasteiger partial charge < -0.3 is 10.0 Å². The van der Waals surface area contributed by atoms with E-state index in [9.17, 15) is 9.18 Å². The lowest BCUT2D eigenvalue weighted by atomic mass is 10.2. The summed E-state index contributed by atoms with van der Waals surface area (Å²) in [5.41, 5.74) is 0.666. The zero-order valence-corrected chi connectivity index (χ0v) is 9.77. The Labute approximate surface area is 99.5 Å². The van der Waals surface area contributed by atoms with Gasteiger partial charge in [0.05, 0.1) is 5.83 Å². The fourth-order valence-corrected chi connectivity index (χ4v) is 1.31. The van der Waals surface area contributed by atoms with Gasteiger partial charge in [-0.2, -0.15) is 0 Å². The van der Waals surface area contributed by atoms with Crippen LogP contribution < -0.4 is 4.90 Å². The maximum atomic E-state index is 12.6. The number of allylic oxidation sites excluding steroid dienone is 1. The molecule has 0 fully saturated rings. The van der Waals surface area contributed by atoms with Crippen molar-refractivity contribution in [3.05, 3.63) is 48.3 Å². The summed E-state index contributed by atoms with van der Waals surface area (Å²) in [4.78, 5) is 13.2. The molecule has 4 heteroatoms. The van der Waals surface area contributed by atoms with Gasteiger partial charge in [-0.3, -0.25) is 4.79 Å². The number of nitrogens with zero attached hydrogens (tertiary/aromatic N) is 1. The van der Waals surface area contributed by atoms with Crippen LogP contribution >= 0.6 is 0 Å². The molecule has 1 aromatic carbocycles. The van der Waals surface area contributed by atoms with E-state index in [2.05, 4.69) is 6.58 Å². The van der Waals surface area contributed by atoms with Crippen LogP contribution in [-0.2, 0) is 4.79 Å². The van der Waals surface area contributed by atoms with Gasteiger partial charge in [0.15, 0.2) is 0 Å². The van der Waals surface area contributed by atoms with Crippen LogP contribution in [0.5, 0.6) is 5.75 Å². The standard InChI is InChI=1S/C13H14FNO2/c1-9(8-10(2)14)13(17)15(3)11-4-6-12(16)7-5-11/h4-8,16H,1H2,2-3H3/b10-8+. The second-order valence-corrected chi connectivity index (χ2v) is 3.64. The van der Waals surface area contributed by atoms with E-state index in [0.29, 0.717) is 5.69 Å². The molecule has 0 radical (unpaired) electrons. The zero-order chi connectivity index (χ0) is 13.0. The van der Waals surface area contributed by atoms with E-state index in [1.807, 2.05) is 0 Å². The molecule has 0 saturated carbocycles. The van der Waals surface area contributed by atoms with Crippen molar-refractivity contribution in [2.45, 2.75) is 6.92 Å². The Morgan fingerprint density at radius 1 is 1.41 bits per heavy atom. The van der Waals surface area contributed by atoms with Crippen LogP contribution in [0.3, 0.4) is 0 Å². The number of carbonyl (C=O) groups excluding carboxylic acids is 1. The number of anilines is 1. The lowest BCUT2D eigenvalue weighted by Crippen LogP contribution is -2.26. The van der Waals surface area contributed by atoms with Crippen LogP contribution in [0.25, 0.3) is 0 Å². The lowest BCUT2D eigenvalue weighted by Gasteiger charge is -2.17. The third kappa shape index (κ3) is 3.45. The molecule has 0 bridgehead atoms. The number of likely N-dealkylation sites (N-methyl/N-ethyl adjacent to an activating group) is 1. The average Bonchev–Trinajstić information content (AvgIpc) is 2.27. The van der Waals surface area contributed by atoms with E-state index >= 15 is 0 Å². The molecule has 90 valence electrons. The Morgan fingerprint density at radius 3 is 2.41 bits per heavy atom. The fourth-order valence-electron chi connectivity index (χ4n) is 1.31. The summed E-state index contributed by atoms with van der Waals surface area (Å²) in [5, 5.41) is 9.13. The summed E-state index contributed by atoms with van der Waals surface area (Å²) in [6, 6.07) is 6.12. The number of phenols is 1. The number of amides is 1. The molecule has 0 aliphatic rings. The number of benzene rings is 1. The molecule has 3 nitrogen and oxygen atoms in total. The van der Waals surface area contributed by atoms with Crippen molar-refractivity contribution in [2.24, 2.45) is 0 Å². The van der Waals surface area contributed by atoms with Crippen LogP contribution in [-0.4, -0.2) is 18.1 Å². The summed E-state index contributed by atoms with van der Waals surface area (Å²) in [6.07, 6.45) is 1.08. The highest BCUT2D eigenvalue weighted by molar-refractivity contribution is 6.06.